The van der Waals surface area contributed by atoms with Crippen molar-refractivity contribution >= 4 is 5.84 Å². The van der Waals surface area contributed by atoms with Crippen LogP contribution in [0.4, 0.5) is 0 Å². The molecule has 0 saturated carbocycles. The van der Waals surface area contributed by atoms with Crippen LogP contribution in [-0.2, 0) is 6.61 Å². The van der Waals surface area contributed by atoms with Crippen LogP contribution in [0.1, 0.15) is 30.4 Å². The zero-order chi connectivity index (χ0) is 11.4. The minimum absolute atomic E-state index is 0.112. The first kappa shape index (κ1) is 11.1. The number of rotatable bonds is 4. The predicted molar refractivity (Wildman–Crippen MR) is 65.7 cm³/mol. The maximum Gasteiger partial charge on any atom is 0.0970 e. The molecule has 16 heavy (non-hydrogen) atoms. The van der Waals surface area contributed by atoms with Gasteiger partial charge in [-0.3, -0.25) is 4.99 Å². The Morgan fingerprint density at radius 2 is 2.25 bits per heavy atom. The normalized spacial score (nSPS) is 16.8. The minimum Gasteiger partial charge on any atom is -0.392 e. The Hall–Kier alpha value is -1.35. The number of aliphatic imine (C=N–C) groups is 1. The standard InChI is InChI=1S/C13H18N2O/c1-10(8-13-14-6-7-15-13)12-5-3-2-4-11(12)9-16/h2-5,10,16H,6-9H2,1H3,(H,14,15). The van der Waals surface area contributed by atoms with Crippen molar-refractivity contribution in [3.8, 4) is 0 Å². The topological polar surface area (TPSA) is 44.6 Å². The van der Waals surface area contributed by atoms with Gasteiger partial charge in [0.25, 0.3) is 0 Å². The fourth-order valence-corrected chi connectivity index (χ4v) is 2.14. The molecule has 1 aliphatic rings. The highest BCUT2D eigenvalue weighted by molar-refractivity contribution is 5.84. The summed E-state index contributed by atoms with van der Waals surface area (Å²) in [5.74, 6) is 1.49. The summed E-state index contributed by atoms with van der Waals surface area (Å²) in [5.41, 5.74) is 2.25. The van der Waals surface area contributed by atoms with Gasteiger partial charge in [-0.15, -0.1) is 0 Å². The summed E-state index contributed by atoms with van der Waals surface area (Å²) in [6, 6.07) is 8.06. The molecule has 0 aliphatic carbocycles. The van der Waals surface area contributed by atoms with E-state index in [1.807, 2.05) is 18.2 Å². The molecule has 0 aromatic heterocycles. The van der Waals surface area contributed by atoms with Gasteiger partial charge in [0.2, 0.25) is 0 Å². The third-order valence-corrected chi connectivity index (χ3v) is 3.00. The first-order valence-electron chi connectivity index (χ1n) is 5.77. The summed E-state index contributed by atoms with van der Waals surface area (Å²) in [6.45, 7) is 4.14. The van der Waals surface area contributed by atoms with Crippen LogP contribution < -0.4 is 5.32 Å². The third-order valence-electron chi connectivity index (χ3n) is 3.00. The van der Waals surface area contributed by atoms with Gasteiger partial charge in [-0.1, -0.05) is 31.2 Å². The first-order valence-corrected chi connectivity index (χ1v) is 5.77. The van der Waals surface area contributed by atoms with E-state index in [1.54, 1.807) is 0 Å². The number of nitrogens with one attached hydrogen (secondary N) is 1. The van der Waals surface area contributed by atoms with Gasteiger partial charge in [0.05, 0.1) is 19.0 Å². The van der Waals surface area contributed by atoms with E-state index in [4.69, 9.17) is 0 Å². The Morgan fingerprint density at radius 3 is 2.94 bits per heavy atom. The summed E-state index contributed by atoms with van der Waals surface area (Å²) in [5, 5.41) is 12.6. The lowest BCUT2D eigenvalue weighted by Gasteiger charge is -2.15. The second-order valence-electron chi connectivity index (χ2n) is 4.22. The van der Waals surface area contributed by atoms with E-state index in [0.29, 0.717) is 5.92 Å². The Balaban J connectivity index is 2.10. The molecule has 2 rings (SSSR count). The van der Waals surface area contributed by atoms with Gasteiger partial charge in [-0.2, -0.15) is 0 Å². The summed E-state index contributed by atoms with van der Waals surface area (Å²) < 4.78 is 0. The van der Waals surface area contributed by atoms with E-state index in [0.717, 1.165) is 30.9 Å². The lowest BCUT2D eigenvalue weighted by atomic mass is 9.93. The highest BCUT2D eigenvalue weighted by Crippen LogP contribution is 2.23. The van der Waals surface area contributed by atoms with Gasteiger partial charge < -0.3 is 10.4 Å². The molecule has 1 aromatic carbocycles. The summed E-state index contributed by atoms with van der Waals surface area (Å²) in [7, 11) is 0. The van der Waals surface area contributed by atoms with Crippen LogP contribution in [0.25, 0.3) is 0 Å². The van der Waals surface area contributed by atoms with Crippen molar-refractivity contribution < 1.29 is 5.11 Å². The maximum absolute atomic E-state index is 9.28. The van der Waals surface area contributed by atoms with Crippen molar-refractivity contribution in [2.24, 2.45) is 4.99 Å². The SMILES string of the molecule is CC(CC1=NCCN1)c1ccccc1CO. The fraction of sp³-hybridized carbons (Fsp3) is 0.462. The largest absolute Gasteiger partial charge is 0.392 e. The van der Waals surface area contributed by atoms with Crippen molar-refractivity contribution in [3.05, 3.63) is 35.4 Å². The van der Waals surface area contributed by atoms with Gasteiger partial charge >= 0.3 is 0 Å². The molecule has 0 fully saturated rings. The van der Waals surface area contributed by atoms with Gasteiger partial charge in [-0.05, 0) is 17.0 Å². The predicted octanol–water partition coefficient (Wildman–Crippen LogP) is 1.67. The average molecular weight is 218 g/mol. The average Bonchev–Trinajstić information content (AvgIpc) is 2.81. The Labute approximate surface area is 96.2 Å². The van der Waals surface area contributed by atoms with E-state index in [-0.39, 0.29) is 6.61 Å². The minimum atomic E-state index is 0.112. The van der Waals surface area contributed by atoms with Crippen molar-refractivity contribution in [1.82, 2.24) is 5.32 Å². The zero-order valence-electron chi connectivity index (χ0n) is 9.61. The highest BCUT2D eigenvalue weighted by Gasteiger charge is 2.14. The second-order valence-corrected chi connectivity index (χ2v) is 4.22. The molecule has 3 heteroatoms. The Morgan fingerprint density at radius 1 is 1.44 bits per heavy atom. The summed E-state index contributed by atoms with van der Waals surface area (Å²) in [4.78, 5) is 4.40. The van der Waals surface area contributed by atoms with Crippen LogP contribution in [0, 0.1) is 0 Å². The molecule has 0 saturated heterocycles. The Kier molecular flexibility index (Phi) is 3.57. The lowest BCUT2D eigenvalue weighted by molar-refractivity contribution is 0.280. The number of hydrogen-bond acceptors (Lipinski definition) is 3. The molecule has 1 atom stereocenters. The molecule has 0 amide bonds. The van der Waals surface area contributed by atoms with Crippen LogP contribution in [0.3, 0.4) is 0 Å². The van der Waals surface area contributed by atoms with Crippen molar-refractivity contribution in [3.63, 3.8) is 0 Å². The van der Waals surface area contributed by atoms with Gasteiger partial charge in [0.15, 0.2) is 0 Å². The lowest BCUT2D eigenvalue weighted by Crippen LogP contribution is -2.20. The van der Waals surface area contributed by atoms with Crippen molar-refractivity contribution in [2.45, 2.75) is 25.9 Å². The monoisotopic (exact) mass is 218 g/mol. The van der Waals surface area contributed by atoms with E-state index < -0.39 is 0 Å². The molecule has 1 aliphatic heterocycles. The number of nitrogens with zero attached hydrogens (tertiary/aromatic N) is 1. The van der Waals surface area contributed by atoms with Crippen LogP contribution in [0.15, 0.2) is 29.3 Å². The molecule has 3 nitrogen and oxygen atoms in total. The number of amidine groups is 1. The summed E-state index contributed by atoms with van der Waals surface area (Å²) >= 11 is 0. The van der Waals surface area contributed by atoms with Gasteiger partial charge in [0.1, 0.15) is 0 Å². The molecule has 86 valence electrons. The molecule has 1 heterocycles. The third kappa shape index (κ3) is 2.42. The van der Waals surface area contributed by atoms with Crippen LogP contribution in [-0.4, -0.2) is 24.0 Å². The van der Waals surface area contributed by atoms with E-state index >= 15 is 0 Å². The van der Waals surface area contributed by atoms with Crippen molar-refractivity contribution in [2.75, 3.05) is 13.1 Å². The second kappa shape index (κ2) is 5.12. The first-order chi connectivity index (χ1) is 7.81. The van der Waals surface area contributed by atoms with E-state index in [1.165, 1.54) is 5.56 Å². The number of hydrogen-bond donors (Lipinski definition) is 2. The van der Waals surface area contributed by atoms with Gasteiger partial charge in [0, 0.05) is 13.0 Å². The summed E-state index contributed by atoms with van der Waals surface area (Å²) in [6.07, 6.45) is 0.928. The van der Waals surface area contributed by atoms with Gasteiger partial charge in [-0.25, -0.2) is 0 Å². The maximum atomic E-state index is 9.28. The zero-order valence-corrected chi connectivity index (χ0v) is 9.61. The van der Waals surface area contributed by atoms with Crippen LogP contribution >= 0.6 is 0 Å². The molecular weight excluding hydrogens is 200 g/mol. The number of benzene rings is 1. The molecule has 2 N–H and O–H groups in total. The molecule has 0 spiro atoms. The molecule has 0 radical (unpaired) electrons. The quantitative estimate of drug-likeness (QED) is 0.807. The number of aliphatic hydroxyl groups is 1. The highest BCUT2D eigenvalue weighted by atomic mass is 16.3. The number of aliphatic hydroxyl groups excluding tert-OH is 1. The fourth-order valence-electron chi connectivity index (χ4n) is 2.14. The van der Waals surface area contributed by atoms with E-state index in [2.05, 4.69) is 23.3 Å². The van der Waals surface area contributed by atoms with E-state index in [9.17, 15) is 5.11 Å². The van der Waals surface area contributed by atoms with Crippen molar-refractivity contribution in [1.29, 1.82) is 0 Å². The smallest absolute Gasteiger partial charge is 0.0970 e. The molecule has 1 unspecified atom stereocenters. The Bertz CT molecular complexity index is 387. The van der Waals surface area contributed by atoms with Crippen LogP contribution in [0.2, 0.25) is 0 Å². The molecular formula is C13H18N2O. The molecule has 0 bridgehead atoms. The molecule has 1 aromatic rings. The van der Waals surface area contributed by atoms with Crippen LogP contribution in [0.5, 0.6) is 0 Å².